The molecule has 3 fully saturated rings. The Labute approximate surface area is 186 Å². The van der Waals surface area contributed by atoms with Gasteiger partial charge in [0.05, 0.1) is 0 Å². The van der Waals surface area contributed by atoms with Gasteiger partial charge in [0.25, 0.3) is 0 Å². The van der Waals surface area contributed by atoms with Crippen molar-refractivity contribution in [3.8, 4) is 0 Å². The van der Waals surface area contributed by atoms with Crippen molar-refractivity contribution in [1.82, 2.24) is 0 Å². The third kappa shape index (κ3) is 3.65. The lowest BCUT2D eigenvalue weighted by Crippen LogP contribution is -2.51. The summed E-state index contributed by atoms with van der Waals surface area (Å²) in [5, 5.41) is 0. The molecule has 0 aliphatic heterocycles. The molecular formula is C29H48O. The lowest BCUT2D eigenvalue weighted by Gasteiger charge is -2.58. The van der Waals surface area contributed by atoms with Crippen molar-refractivity contribution in [3.63, 3.8) is 0 Å². The van der Waals surface area contributed by atoms with Gasteiger partial charge in [0.1, 0.15) is 0 Å². The highest BCUT2D eigenvalue weighted by Crippen LogP contribution is 2.67. The van der Waals surface area contributed by atoms with Crippen LogP contribution in [0.2, 0.25) is 0 Å². The predicted molar refractivity (Wildman–Crippen MR) is 127 cm³/mol. The van der Waals surface area contributed by atoms with Crippen LogP contribution < -0.4 is 0 Å². The normalized spacial score (nSPS) is 42.9. The highest BCUT2D eigenvalue weighted by Gasteiger charge is 2.59. The molecule has 0 radical (unpaired) electrons. The topological polar surface area (TPSA) is 17.1 Å². The fourth-order valence-corrected chi connectivity index (χ4v) is 9.22. The van der Waals surface area contributed by atoms with E-state index in [1.54, 1.807) is 0 Å². The second kappa shape index (κ2) is 8.40. The van der Waals surface area contributed by atoms with Crippen LogP contribution in [0.1, 0.15) is 112 Å². The molecule has 8 atom stereocenters. The maximum Gasteiger partial charge on any atom is 0.155 e. The molecule has 4 rings (SSSR count). The van der Waals surface area contributed by atoms with Crippen LogP contribution >= 0.6 is 0 Å². The summed E-state index contributed by atoms with van der Waals surface area (Å²) in [5.74, 6) is 6.63. The smallest absolute Gasteiger partial charge is 0.155 e. The van der Waals surface area contributed by atoms with E-state index < -0.39 is 0 Å². The average Bonchev–Trinajstić information content (AvgIpc) is 3.06. The molecule has 0 N–H and O–H groups in total. The predicted octanol–water partition coefficient (Wildman–Crippen LogP) is 8.23. The molecule has 30 heavy (non-hydrogen) atoms. The van der Waals surface area contributed by atoms with Gasteiger partial charge >= 0.3 is 0 Å². The Balaban J connectivity index is 1.48. The van der Waals surface area contributed by atoms with E-state index in [-0.39, 0.29) is 0 Å². The molecule has 0 aromatic carbocycles. The fraction of sp³-hybridized carbons (Fsp3) is 0.897. The van der Waals surface area contributed by atoms with Gasteiger partial charge in [-0.2, -0.15) is 0 Å². The first-order valence-corrected chi connectivity index (χ1v) is 13.4. The third-order valence-corrected chi connectivity index (χ3v) is 11.2. The van der Waals surface area contributed by atoms with E-state index >= 15 is 0 Å². The monoisotopic (exact) mass is 412 g/mol. The molecule has 0 unspecified atom stereocenters. The Bertz CT molecular complexity index is 674. The molecule has 0 aromatic heterocycles. The van der Waals surface area contributed by atoms with Crippen LogP contribution in [0.15, 0.2) is 11.6 Å². The van der Waals surface area contributed by atoms with Crippen LogP contribution in [0.5, 0.6) is 0 Å². The Morgan fingerprint density at radius 1 is 0.967 bits per heavy atom. The van der Waals surface area contributed by atoms with Gasteiger partial charge in [0, 0.05) is 6.42 Å². The molecule has 4 aliphatic carbocycles. The van der Waals surface area contributed by atoms with Crippen molar-refractivity contribution < 1.29 is 4.79 Å². The number of carbonyl (C=O) groups is 1. The molecule has 1 nitrogen and oxygen atoms in total. The number of ketones is 1. The van der Waals surface area contributed by atoms with E-state index in [0.29, 0.717) is 16.6 Å². The van der Waals surface area contributed by atoms with Gasteiger partial charge in [-0.3, -0.25) is 4.79 Å². The van der Waals surface area contributed by atoms with Crippen LogP contribution in [0, 0.1) is 52.3 Å². The Hall–Kier alpha value is -0.590. The molecule has 4 aliphatic rings. The minimum Gasteiger partial charge on any atom is -0.295 e. The molecular weight excluding hydrogens is 364 g/mol. The number of rotatable bonds is 6. The van der Waals surface area contributed by atoms with E-state index in [9.17, 15) is 4.79 Å². The quantitative estimate of drug-likeness (QED) is 0.429. The molecule has 0 amide bonds. The van der Waals surface area contributed by atoms with Crippen molar-refractivity contribution in [3.05, 3.63) is 11.6 Å². The average molecular weight is 413 g/mol. The summed E-state index contributed by atoms with van der Waals surface area (Å²) in [4.78, 5) is 12.1. The lowest BCUT2D eigenvalue weighted by atomic mass is 9.46. The van der Waals surface area contributed by atoms with Gasteiger partial charge < -0.3 is 0 Å². The summed E-state index contributed by atoms with van der Waals surface area (Å²) in [5.41, 5.74) is 2.42. The summed E-state index contributed by atoms with van der Waals surface area (Å²) in [6.07, 6.45) is 16.5. The zero-order valence-electron chi connectivity index (χ0n) is 20.8. The van der Waals surface area contributed by atoms with Crippen LogP contribution in [0.3, 0.4) is 0 Å². The van der Waals surface area contributed by atoms with E-state index in [4.69, 9.17) is 0 Å². The van der Waals surface area contributed by atoms with Gasteiger partial charge in [-0.15, -0.1) is 0 Å². The van der Waals surface area contributed by atoms with Gasteiger partial charge in [-0.1, -0.05) is 60.0 Å². The fourth-order valence-electron chi connectivity index (χ4n) is 9.22. The van der Waals surface area contributed by atoms with E-state index in [1.165, 1.54) is 63.4 Å². The van der Waals surface area contributed by atoms with Gasteiger partial charge in [-0.25, -0.2) is 0 Å². The second-order valence-corrected chi connectivity index (χ2v) is 12.7. The molecule has 1 heteroatoms. The molecule has 3 saturated carbocycles. The Morgan fingerprint density at radius 3 is 2.43 bits per heavy atom. The van der Waals surface area contributed by atoms with Crippen molar-refractivity contribution in [1.29, 1.82) is 0 Å². The van der Waals surface area contributed by atoms with Gasteiger partial charge in [0.2, 0.25) is 0 Å². The summed E-state index contributed by atoms with van der Waals surface area (Å²) < 4.78 is 0. The highest BCUT2D eigenvalue weighted by atomic mass is 16.1. The van der Waals surface area contributed by atoms with Gasteiger partial charge in [0.15, 0.2) is 5.78 Å². The largest absolute Gasteiger partial charge is 0.295 e. The SMILES string of the molecule is CC[C@@H](CC[C@H](C)[C@@H]1CC[C@@H]2[C@H]3CCC4=CC(=O)CC[C@@]4(C)[C@@H]3CC[C@]21C)C(C)C. The summed E-state index contributed by atoms with van der Waals surface area (Å²) in [6, 6.07) is 0. The van der Waals surface area contributed by atoms with E-state index in [2.05, 4.69) is 47.6 Å². The zero-order chi connectivity index (χ0) is 21.7. The standard InChI is InChI=1S/C29H48O/c1-7-21(19(2)3)9-8-20(4)25-12-13-26-24-11-10-22-18-23(30)14-16-28(22,5)27(24)15-17-29(25,26)6/h18-21,24-27H,7-17H2,1-6H3/t20-,21-,24+,25-,26+,27+,28+,29-/m0/s1. The first-order chi connectivity index (χ1) is 14.2. The lowest BCUT2D eigenvalue weighted by molar-refractivity contribution is -0.117. The number of allylic oxidation sites excluding steroid dienone is 1. The number of hydrogen-bond acceptors (Lipinski definition) is 1. The maximum absolute atomic E-state index is 12.1. The van der Waals surface area contributed by atoms with Crippen LogP contribution in [0.25, 0.3) is 0 Å². The molecule has 0 aromatic rings. The minimum atomic E-state index is 0.327. The van der Waals surface area contributed by atoms with Crippen molar-refractivity contribution in [2.75, 3.05) is 0 Å². The van der Waals surface area contributed by atoms with E-state index in [1.807, 2.05) is 0 Å². The molecule has 0 bridgehead atoms. The molecule has 170 valence electrons. The first-order valence-electron chi connectivity index (χ1n) is 13.4. The number of fused-ring (bicyclic) bond motifs is 5. The Morgan fingerprint density at radius 2 is 1.73 bits per heavy atom. The molecule has 0 saturated heterocycles. The van der Waals surface area contributed by atoms with E-state index in [0.717, 1.165) is 54.3 Å². The number of hydrogen-bond donors (Lipinski definition) is 0. The number of carbonyl (C=O) groups excluding carboxylic acids is 1. The van der Waals surface area contributed by atoms with Crippen molar-refractivity contribution >= 4 is 5.78 Å². The van der Waals surface area contributed by atoms with Gasteiger partial charge in [-0.05, 0) is 110 Å². The summed E-state index contributed by atoms with van der Waals surface area (Å²) in [6.45, 7) is 15.0. The molecule has 0 heterocycles. The minimum absolute atomic E-state index is 0.327. The first kappa shape index (κ1) is 22.6. The maximum atomic E-state index is 12.1. The van der Waals surface area contributed by atoms with Crippen LogP contribution in [0.4, 0.5) is 0 Å². The van der Waals surface area contributed by atoms with Crippen LogP contribution in [-0.2, 0) is 4.79 Å². The second-order valence-electron chi connectivity index (χ2n) is 12.7. The Kier molecular flexibility index (Phi) is 6.33. The summed E-state index contributed by atoms with van der Waals surface area (Å²) >= 11 is 0. The highest BCUT2D eigenvalue weighted by molar-refractivity contribution is 5.91. The summed E-state index contributed by atoms with van der Waals surface area (Å²) in [7, 11) is 0. The van der Waals surface area contributed by atoms with Crippen molar-refractivity contribution in [2.45, 2.75) is 112 Å². The third-order valence-electron chi connectivity index (χ3n) is 11.2. The zero-order valence-corrected chi connectivity index (χ0v) is 20.8. The molecule has 0 spiro atoms. The van der Waals surface area contributed by atoms with Crippen molar-refractivity contribution in [2.24, 2.45) is 52.3 Å². The van der Waals surface area contributed by atoms with Crippen LogP contribution in [-0.4, -0.2) is 5.78 Å².